The van der Waals surface area contributed by atoms with Crippen LogP contribution in [0.4, 0.5) is 0 Å². The average molecular weight is 315 g/mol. The lowest BCUT2D eigenvalue weighted by Crippen LogP contribution is -2.80. The van der Waals surface area contributed by atoms with Crippen LogP contribution in [-0.2, 0) is 10.0 Å². The molecule has 1 aliphatic rings. The lowest BCUT2D eigenvalue weighted by atomic mass is 9.95. The minimum Gasteiger partial charge on any atom is -0.291 e. The second-order valence-electron chi connectivity index (χ2n) is 5.51. The second kappa shape index (κ2) is 5.59. The van der Waals surface area contributed by atoms with Crippen molar-refractivity contribution in [1.82, 2.24) is 4.31 Å². The lowest BCUT2D eigenvalue weighted by molar-refractivity contribution is -0.638. The van der Waals surface area contributed by atoms with Gasteiger partial charge in [0.15, 0.2) is 0 Å². The van der Waals surface area contributed by atoms with E-state index in [4.69, 9.17) is 0 Å². The van der Waals surface area contributed by atoms with E-state index in [2.05, 4.69) is 6.58 Å². The highest BCUT2D eigenvalue weighted by molar-refractivity contribution is 7.88. The van der Waals surface area contributed by atoms with Gasteiger partial charge >= 0.3 is 0 Å². The van der Waals surface area contributed by atoms with Gasteiger partial charge < -0.3 is 0 Å². The van der Waals surface area contributed by atoms with E-state index in [9.17, 15) is 8.42 Å². The fourth-order valence-electron chi connectivity index (χ4n) is 3.06. The van der Waals surface area contributed by atoms with Crippen molar-refractivity contribution in [2.24, 2.45) is 0 Å². The van der Waals surface area contributed by atoms with Crippen LogP contribution in [-0.4, -0.2) is 19.0 Å². The van der Waals surface area contributed by atoms with Crippen molar-refractivity contribution in [3.8, 4) is 0 Å². The van der Waals surface area contributed by atoms with Gasteiger partial charge in [0, 0.05) is 5.56 Å². The average Bonchev–Trinajstić information content (AvgIpc) is 2.86. The first-order chi connectivity index (χ1) is 10.5. The zero-order chi connectivity index (χ0) is 15.7. The Labute approximate surface area is 131 Å². The van der Waals surface area contributed by atoms with Crippen LogP contribution in [0.25, 0.3) is 0 Å². The van der Waals surface area contributed by atoms with Crippen LogP contribution in [0.15, 0.2) is 73.1 Å². The number of nitrogens with zero attached hydrogens (tertiary/aromatic N) is 1. The fraction of sp³-hybridized carbons (Fsp3) is 0.176. The van der Waals surface area contributed by atoms with E-state index >= 15 is 0 Å². The van der Waals surface area contributed by atoms with E-state index in [0.29, 0.717) is 5.82 Å². The Morgan fingerprint density at radius 1 is 0.955 bits per heavy atom. The number of nitrogens with two attached hydrogens (primary N) is 1. The fourth-order valence-corrected chi connectivity index (χ4v) is 4.21. The van der Waals surface area contributed by atoms with Crippen LogP contribution < -0.4 is 5.32 Å². The van der Waals surface area contributed by atoms with Gasteiger partial charge in [-0.1, -0.05) is 60.7 Å². The van der Waals surface area contributed by atoms with E-state index in [1.807, 2.05) is 66.0 Å². The third-order valence-electron chi connectivity index (χ3n) is 3.93. The molecule has 2 atom stereocenters. The highest BCUT2D eigenvalue weighted by atomic mass is 32.2. The van der Waals surface area contributed by atoms with Crippen molar-refractivity contribution in [3.05, 3.63) is 84.2 Å². The molecular weight excluding hydrogens is 296 g/mol. The summed E-state index contributed by atoms with van der Waals surface area (Å²) in [6, 6.07) is 19.3. The molecule has 1 saturated heterocycles. The SMILES string of the molecule is C=C1[NH2+][C@H](c2ccccc2)[C@@H](c2ccccc2)N1S(C)(=O)=O. The van der Waals surface area contributed by atoms with Gasteiger partial charge in [-0.15, -0.1) is 0 Å². The number of rotatable bonds is 3. The van der Waals surface area contributed by atoms with Crippen molar-refractivity contribution >= 4 is 10.0 Å². The maximum absolute atomic E-state index is 12.2. The molecule has 1 fully saturated rings. The first-order valence-electron chi connectivity index (χ1n) is 7.11. The van der Waals surface area contributed by atoms with Crippen molar-refractivity contribution in [1.29, 1.82) is 0 Å². The number of hydrogen-bond donors (Lipinski definition) is 1. The van der Waals surface area contributed by atoms with Gasteiger partial charge in [-0.05, 0) is 12.1 Å². The topological polar surface area (TPSA) is 54.0 Å². The highest BCUT2D eigenvalue weighted by Gasteiger charge is 2.46. The molecule has 2 aromatic rings. The van der Waals surface area contributed by atoms with Crippen LogP contribution in [0, 0.1) is 0 Å². The summed E-state index contributed by atoms with van der Waals surface area (Å²) in [4.78, 5) is 0. The molecule has 0 unspecified atom stereocenters. The normalized spacial score (nSPS) is 22.0. The van der Waals surface area contributed by atoms with Crippen LogP contribution in [0.2, 0.25) is 0 Å². The summed E-state index contributed by atoms with van der Waals surface area (Å²) in [5.41, 5.74) is 2.06. The molecule has 0 spiro atoms. The molecule has 0 aromatic heterocycles. The number of hydrogen-bond acceptors (Lipinski definition) is 2. The molecule has 2 N–H and O–H groups in total. The van der Waals surface area contributed by atoms with E-state index in [1.54, 1.807) is 0 Å². The quantitative estimate of drug-likeness (QED) is 0.939. The molecule has 0 bridgehead atoms. The summed E-state index contributed by atoms with van der Waals surface area (Å²) in [7, 11) is -3.39. The third kappa shape index (κ3) is 2.65. The summed E-state index contributed by atoms with van der Waals surface area (Å²) >= 11 is 0. The molecule has 4 nitrogen and oxygen atoms in total. The van der Waals surface area contributed by atoms with Crippen molar-refractivity contribution in [2.75, 3.05) is 6.26 Å². The summed E-state index contributed by atoms with van der Waals surface area (Å²) in [6.45, 7) is 3.94. The number of benzene rings is 2. The molecule has 1 aliphatic heterocycles. The van der Waals surface area contributed by atoms with E-state index in [1.165, 1.54) is 10.6 Å². The van der Waals surface area contributed by atoms with Gasteiger partial charge in [0.1, 0.15) is 12.1 Å². The van der Waals surface area contributed by atoms with E-state index < -0.39 is 10.0 Å². The molecule has 0 radical (unpaired) electrons. The van der Waals surface area contributed by atoms with Crippen LogP contribution in [0.1, 0.15) is 23.2 Å². The summed E-state index contributed by atoms with van der Waals surface area (Å²) in [5, 5.41) is 1.94. The molecule has 22 heavy (non-hydrogen) atoms. The van der Waals surface area contributed by atoms with Crippen LogP contribution in [0.5, 0.6) is 0 Å². The Bertz CT molecular complexity index is 773. The zero-order valence-electron chi connectivity index (χ0n) is 12.4. The van der Waals surface area contributed by atoms with Gasteiger partial charge in [-0.2, -0.15) is 0 Å². The standard InChI is InChI=1S/C17H18N2O2S/c1-13-18-16(14-9-5-3-6-10-14)17(19(13)22(2,20)21)15-11-7-4-8-12-15/h3-12,16-18H,1H2,2H3/p+1/t16-,17-/m1/s1. The molecule has 1 heterocycles. The molecule has 0 amide bonds. The van der Waals surface area contributed by atoms with Gasteiger partial charge in [-0.3, -0.25) is 5.32 Å². The Kier molecular flexibility index (Phi) is 3.76. The Hall–Kier alpha value is -2.11. The van der Waals surface area contributed by atoms with E-state index in [0.717, 1.165) is 11.1 Å². The lowest BCUT2D eigenvalue weighted by Gasteiger charge is -2.23. The highest BCUT2D eigenvalue weighted by Crippen LogP contribution is 2.38. The molecule has 2 aromatic carbocycles. The van der Waals surface area contributed by atoms with Crippen LogP contribution >= 0.6 is 0 Å². The first kappa shape index (κ1) is 14.8. The predicted octanol–water partition coefficient (Wildman–Crippen LogP) is 1.78. The Balaban J connectivity index is 2.13. The van der Waals surface area contributed by atoms with Crippen molar-refractivity contribution in [3.63, 3.8) is 0 Å². The Morgan fingerprint density at radius 3 is 1.95 bits per heavy atom. The van der Waals surface area contributed by atoms with Crippen molar-refractivity contribution in [2.45, 2.75) is 12.1 Å². The third-order valence-corrected chi connectivity index (χ3v) is 5.11. The van der Waals surface area contributed by atoms with Gasteiger partial charge in [0.25, 0.3) is 0 Å². The second-order valence-corrected chi connectivity index (χ2v) is 7.37. The van der Waals surface area contributed by atoms with Gasteiger partial charge in [0.2, 0.25) is 15.8 Å². The molecule has 0 aliphatic carbocycles. The summed E-state index contributed by atoms with van der Waals surface area (Å²) in [6.07, 6.45) is 1.23. The first-order valence-corrected chi connectivity index (χ1v) is 8.96. The molecular formula is C17H19N2O2S+. The summed E-state index contributed by atoms with van der Waals surface area (Å²) < 4.78 is 25.9. The smallest absolute Gasteiger partial charge is 0.236 e. The monoisotopic (exact) mass is 315 g/mol. The van der Waals surface area contributed by atoms with Crippen molar-refractivity contribution < 1.29 is 13.7 Å². The molecule has 0 saturated carbocycles. The summed E-state index contributed by atoms with van der Waals surface area (Å²) in [5.74, 6) is 0.533. The van der Waals surface area contributed by atoms with Crippen LogP contribution in [0.3, 0.4) is 0 Å². The van der Waals surface area contributed by atoms with Gasteiger partial charge in [-0.25, -0.2) is 12.7 Å². The molecule has 3 rings (SSSR count). The number of sulfonamides is 1. The maximum atomic E-state index is 12.2. The Morgan fingerprint density at radius 2 is 1.45 bits per heavy atom. The largest absolute Gasteiger partial charge is 0.291 e. The van der Waals surface area contributed by atoms with Gasteiger partial charge in [0.05, 0.1) is 6.26 Å². The minimum atomic E-state index is -3.39. The molecule has 114 valence electrons. The molecule has 5 heteroatoms. The number of quaternary nitrogens is 1. The van der Waals surface area contributed by atoms with E-state index in [-0.39, 0.29) is 12.1 Å². The zero-order valence-corrected chi connectivity index (χ0v) is 13.2. The maximum Gasteiger partial charge on any atom is 0.236 e. The minimum absolute atomic E-state index is 0.0363. The predicted molar refractivity (Wildman–Crippen MR) is 86.1 cm³/mol.